The summed E-state index contributed by atoms with van der Waals surface area (Å²) in [5.74, 6) is -0.417. The van der Waals surface area contributed by atoms with Gasteiger partial charge < -0.3 is 14.8 Å². The van der Waals surface area contributed by atoms with Crippen LogP contribution in [0.2, 0.25) is 0 Å². The van der Waals surface area contributed by atoms with Gasteiger partial charge in [0.2, 0.25) is 0 Å². The van der Waals surface area contributed by atoms with Crippen molar-refractivity contribution in [2.45, 2.75) is 38.0 Å². The summed E-state index contributed by atoms with van der Waals surface area (Å²) in [5.41, 5.74) is 0.0800. The van der Waals surface area contributed by atoms with Crippen LogP contribution in [0.1, 0.15) is 26.7 Å². The zero-order valence-electron chi connectivity index (χ0n) is 9.61. The van der Waals surface area contributed by atoms with E-state index in [1.807, 2.05) is 32.8 Å². The van der Waals surface area contributed by atoms with Gasteiger partial charge in [-0.2, -0.15) is 0 Å². The molecule has 15 heavy (non-hydrogen) atoms. The highest BCUT2D eigenvalue weighted by atomic mass is 16.7. The Balaban J connectivity index is 2.45. The number of aliphatic imine (C=N–C) groups is 1. The molecule has 84 valence electrons. The summed E-state index contributed by atoms with van der Waals surface area (Å²) in [6.07, 6.45) is 1.09. The van der Waals surface area contributed by atoms with Crippen molar-refractivity contribution in [2.24, 2.45) is 10.1 Å². The van der Waals surface area contributed by atoms with E-state index in [2.05, 4.69) is 10.1 Å². The molecule has 0 saturated carbocycles. The molecular formula is C10H17N3O2. The highest BCUT2D eigenvalue weighted by Crippen LogP contribution is 2.45. The van der Waals surface area contributed by atoms with Crippen LogP contribution in [-0.2, 0) is 4.84 Å². The fourth-order valence-corrected chi connectivity index (χ4v) is 2.27. The minimum absolute atomic E-state index is 0.397. The molecule has 0 aromatic heterocycles. The van der Waals surface area contributed by atoms with Gasteiger partial charge in [-0.15, -0.1) is 0 Å². The van der Waals surface area contributed by atoms with E-state index in [1.54, 1.807) is 0 Å². The zero-order valence-corrected chi connectivity index (χ0v) is 9.61. The zero-order chi connectivity index (χ0) is 11.3. The van der Waals surface area contributed by atoms with Gasteiger partial charge in [-0.1, -0.05) is 12.1 Å². The van der Waals surface area contributed by atoms with Crippen molar-refractivity contribution in [2.75, 3.05) is 14.1 Å². The number of fused-ring (bicyclic) bond motifs is 1. The molecule has 2 rings (SSSR count). The maximum atomic E-state index is 10.4. The Morgan fingerprint density at radius 3 is 2.67 bits per heavy atom. The number of nitrogens with zero attached hydrogens (tertiary/aromatic N) is 3. The molecule has 0 radical (unpaired) electrons. The van der Waals surface area contributed by atoms with Gasteiger partial charge >= 0.3 is 0 Å². The predicted molar refractivity (Wildman–Crippen MR) is 57.9 cm³/mol. The molecule has 2 aliphatic rings. The van der Waals surface area contributed by atoms with Crippen LogP contribution < -0.4 is 0 Å². The van der Waals surface area contributed by atoms with Crippen molar-refractivity contribution < 1.29 is 9.94 Å². The second-order valence-corrected chi connectivity index (χ2v) is 4.37. The maximum Gasteiger partial charge on any atom is 0.272 e. The molecule has 0 aromatic rings. The lowest BCUT2D eigenvalue weighted by molar-refractivity contribution is -0.203. The summed E-state index contributed by atoms with van der Waals surface area (Å²) in [6.45, 7) is 3.84. The predicted octanol–water partition coefficient (Wildman–Crippen LogP) is 0.594. The summed E-state index contributed by atoms with van der Waals surface area (Å²) >= 11 is 0. The first kappa shape index (κ1) is 10.4. The molecule has 5 heteroatoms. The molecule has 2 heterocycles. The van der Waals surface area contributed by atoms with Gasteiger partial charge in [-0.05, 0) is 13.3 Å². The minimum atomic E-state index is -1.27. The summed E-state index contributed by atoms with van der Waals surface area (Å²) < 4.78 is 0. The molecule has 2 aliphatic heterocycles. The van der Waals surface area contributed by atoms with Gasteiger partial charge in [0.1, 0.15) is 5.84 Å². The largest absolute Gasteiger partial charge is 0.366 e. The van der Waals surface area contributed by atoms with Gasteiger partial charge in [0, 0.05) is 14.1 Å². The molecule has 1 N–H and O–H groups in total. The summed E-state index contributed by atoms with van der Waals surface area (Å²) in [6, 6.07) is 0. The van der Waals surface area contributed by atoms with Gasteiger partial charge in [-0.25, -0.2) is 0 Å². The highest BCUT2D eigenvalue weighted by Gasteiger charge is 2.63. The van der Waals surface area contributed by atoms with Gasteiger partial charge in [0.05, 0.1) is 12.1 Å². The standard InChI is InChI=1S/C10H17N3O2/c1-5-9-7(2)12-15-10(9,14)6-8(11-9)13(3)4/h14H,5-6H2,1-4H3/t9-,10-/m0/s1. The van der Waals surface area contributed by atoms with Gasteiger partial charge in [0.15, 0.2) is 5.54 Å². The molecule has 0 spiro atoms. The number of hydrogen-bond acceptors (Lipinski definition) is 5. The first-order valence-electron chi connectivity index (χ1n) is 5.17. The third-order valence-corrected chi connectivity index (χ3v) is 3.32. The Kier molecular flexibility index (Phi) is 2.05. The van der Waals surface area contributed by atoms with Crippen LogP contribution in [0.15, 0.2) is 10.1 Å². The average molecular weight is 211 g/mol. The Morgan fingerprint density at radius 1 is 1.53 bits per heavy atom. The molecule has 2 atom stereocenters. The Bertz CT molecular complexity index is 351. The third-order valence-electron chi connectivity index (χ3n) is 3.32. The molecule has 0 aromatic carbocycles. The van der Waals surface area contributed by atoms with Crippen molar-refractivity contribution in [3.63, 3.8) is 0 Å². The number of hydrogen-bond donors (Lipinski definition) is 1. The van der Waals surface area contributed by atoms with Crippen molar-refractivity contribution >= 4 is 11.5 Å². The number of amidine groups is 1. The van der Waals surface area contributed by atoms with Gasteiger partial charge in [-0.3, -0.25) is 4.99 Å². The molecule has 5 nitrogen and oxygen atoms in total. The topological polar surface area (TPSA) is 57.4 Å². The van der Waals surface area contributed by atoms with E-state index in [4.69, 9.17) is 4.84 Å². The van der Waals surface area contributed by atoms with E-state index in [9.17, 15) is 5.11 Å². The Morgan fingerprint density at radius 2 is 2.20 bits per heavy atom. The highest BCUT2D eigenvalue weighted by molar-refractivity contribution is 6.00. The SMILES string of the molecule is CC[C@@]12N=C(N(C)C)C[C@]1(O)ON=C2C. The first-order valence-corrected chi connectivity index (χ1v) is 5.17. The Labute approximate surface area is 89.4 Å². The van der Waals surface area contributed by atoms with Crippen molar-refractivity contribution in [3.05, 3.63) is 0 Å². The summed E-state index contributed by atoms with van der Waals surface area (Å²) in [4.78, 5) is 11.6. The lowest BCUT2D eigenvalue weighted by Gasteiger charge is -2.29. The maximum absolute atomic E-state index is 10.4. The lowest BCUT2D eigenvalue weighted by atomic mass is 9.84. The molecule has 0 aliphatic carbocycles. The molecular weight excluding hydrogens is 194 g/mol. The van der Waals surface area contributed by atoms with E-state index in [1.165, 1.54) is 0 Å². The van der Waals surface area contributed by atoms with Crippen LogP contribution in [0.4, 0.5) is 0 Å². The number of rotatable bonds is 1. The van der Waals surface area contributed by atoms with Crippen LogP contribution in [0, 0.1) is 0 Å². The summed E-state index contributed by atoms with van der Waals surface area (Å²) in [5, 5.41) is 14.3. The first-order chi connectivity index (χ1) is 6.95. The molecule has 0 amide bonds. The van der Waals surface area contributed by atoms with E-state index in [-0.39, 0.29) is 0 Å². The monoisotopic (exact) mass is 211 g/mol. The van der Waals surface area contributed by atoms with Crippen LogP contribution in [-0.4, -0.2) is 47.0 Å². The normalized spacial score (nSPS) is 38.2. The molecule has 0 saturated heterocycles. The smallest absolute Gasteiger partial charge is 0.272 e. The van der Waals surface area contributed by atoms with Crippen molar-refractivity contribution in [3.8, 4) is 0 Å². The van der Waals surface area contributed by atoms with E-state index in [0.29, 0.717) is 12.8 Å². The lowest BCUT2D eigenvalue weighted by Crippen LogP contribution is -2.51. The second-order valence-electron chi connectivity index (χ2n) is 4.37. The van der Waals surface area contributed by atoms with Crippen LogP contribution in [0.25, 0.3) is 0 Å². The Hall–Kier alpha value is -1.10. The fraction of sp³-hybridized carbons (Fsp3) is 0.800. The van der Waals surface area contributed by atoms with E-state index in [0.717, 1.165) is 11.5 Å². The van der Waals surface area contributed by atoms with Crippen molar-refractivity contribution in [1.82, 2.24) is 4.90 Å². The quantitative estimate of drug-likeness (QED) is 0.690. The molecule has 0 unspecified atom stereocenters. The number of aliphatic hydroxyl groups is 1. The second kappa shape index (κ2) is 2.95. The van der Waals surface area contributed by atoms with Crippen LogP contribution >= 0.6 is 0 Å². The molecule has 0 fully saturated rings. The van der Waals surface area contributed by atoms with Crippen molar-refractivity contribution in [1.29, 1.82) is 0 Å². The van der Waals surface area contributed by atoms with Crippen LogP contribution in [0.5, 0.6) is 0 Å². The van der Waals surface area contributed by atoms with E-state index >= 15 is 0 Å². The fourth-order valence-electron chi connectivity index (χ4n) is 2.27. The number of oxime groups is 1. The van der Waals surface area contributed by atoms with Crippen LogP contribution in [0.3, 0.4) is 0 Å². The average Bonchev–Trinajstić information content (AvgIpc) is 2.60. The van der Waals surface area contributed by atoms with Gasteiger partial charge in [0.25, 0.3) is 5.79 Å². The van der Waals surface area contributed by atoms with E-state index < -0.39 is 11.3 Å². The third kappa shape index (κ3) is 1.13. The minimum Gasteiger partial charge on any atom is -0.366 e. The molecule has 0 bridgehead atoms. The summed E-state index contributed by atoms with van der Waals surface area (Å²) in [7, 11) is 3.83.